The van der Waals surface area contributed by atoms with Crippen LogP contribution < -0.4 is 10.6 Å². The Morgan fingerprint density at radius 2 is 1.76 bits per heavy atom. The van der Waals surface area contributed by atoms with Crippen molar-refractivity contribution in [3.8, 4) is 0 Å². The molecule has 0 saturated heterocycles. The van der Waals surface area contributed by atoms with Gasteiger partial charge in [-0.2, -0.15) is 0 Å². The zero-order chi connectivity index (χ0) is 18.6. The highest BCUT2D eigenvalue weighted by Crippen LogP contribution is 2.24. The van der Waals surface area contributed by atoms with E-state index in [-0.39, 0.29) is 0 Å². The summed E-state index contributed by atoms with van der Waals surface area (Å²) in [5.74, 6) is 0.689. The first-order valence-corrected chi connectivity index (χ1v) is 8.82. The first-order valence-electron chi connectivity index (χ1n) is 7.66. The van der Waals surface area contributed by atoms with Crippen LogP contribution in [0.5, 0.6) is 0 Å². The molecule has 2 aromatic carbocycles. The normalized spacial score (nSPS) is 12.0. The van der Waals surface area contributed by atoms with E-state index < -0.39 is 0 Å². The Morgan fingerprint density at radius 1 is 1.04 bits per heavy atom. The van der Waals surface area contributed by atoms with Crippen LogP contribution in [0.3, 0.4) is 0 Å². The van der Waals surface area contributed by atoms with Crippen molar-refractivity contribution < 1.29 is 4.59 Å². The molecule has 132 valence electrons. The van der Waals surface area contributed by atoms with Gasteiger partial charge in [-0.3, -0.25) is 0 Å². The molecule has 0 spiro atoms. The summed E-state index contributed by atoms with van der Waals surface area (Å²) in [7, 11) is 5.94. The van der Waals surface area contributed by atoms with Gasteiger partial charge in [-0.1, -0.05) is 52.1 Å². The molecule has 0 saturated carbocycles. The average Bonchev–Trinajstić information content (AvgIpc) is 2.49. The van der Waals surface area contributed by atoms with Crippen LogP contribution in [0.2, 0.25) is 10.0 Å². The fraction of sp³-hybridized carbons (Fsp3) is 0.222. The number of amidine groups is 1. The molecular weight excluding hydrogens is 375 g/mol. The van der Waals surface area contributed by atoms with Crippen LogP contribution >= 0.6 is 35.4 Å². The topological polar surface area (TPSA) is 36.4 Å². The van der Waals surface area contributed by atoms with Gasteiger partial charge in [0.1, 0.15) is 0 Å². The first kappa shape index (κ1) is 19.7. The molecule has 7 heteroatoms. The zero-order valence-corrected chi connectivity index (χ0v) is 16.9. The molecule has 0 bridgehead atoms. The molecule has 0 amide bonds. The van der Waals surface area contributed by atoms with Crippen molar-refractivity contribution in [2.75, 3.05) is 26.5 Å². The summed E-state index contributed by atoms with van der Waals surface area (Å²) < 4.78 is 0.408. The number of hydrogen-bond donors (Lipinski definition) is 2. The first-order chi connectivity index (χ1) is 11.6. The third-order valence-electron chi connectivity index (χ3n) is 3.10. The van der Waals surface area contributed by atoms with Crippen LogP contribution in [0.25, 0.3) is 0 Å². The SMILES string of the molecule is Cc1cccc(/C(=N/[N+](C)(C)C)NC(=S)Nc2ccc(Cl)c(Cl)c2)c1. The molecule has 2 rings (SSSR count). The lowest BCUT2D eigenvalue weighted by Gasteiger charge is -2.19. The van der Waals surface area contributed by atoms with E-state index in [2.05, 4.69) is 16.7 Å². The van der Waals surface area contributed by atoms with Gasteiger partial charge in [-0.05, 0) is 43.4 Å². The lowest BCUT2D eigenvalue weighted by Crippen LogP contribution is -2.39. The van der Waals surface area contributed by atoms with Crippen LogP contribution in [0, 0.1) is 6.92 Å². The number of benzene rings is 2. The maximum absolute atomic E-state index is 6.04. The van der Waals surface area contributed by atoms with Gasteiger partial charge in [0, 0.05) is 11.3 Å². The highest BCUT2D eigenvalue weighted by atomic mass is 35.5. The summed E-state index contributed by atoms with van der Waals surface area (Å²) in [6, 6.07) is 13.3. The van der Waals surface area contributed by atoms with Gasteiger partial charge in [0.25, 0.3) is 0 Å². The van der Waals surface area contributed by atoms with Gasteiger partial charge in [0.2, 0.25) is 0 Å². The minimum Gasteiger partial charge on any atom is -0.332 e. The Bertz CT molecular complexity index is 813. The van der Waals surface area contributed by atoms with Crippen LogP contribution in [0.4, 0.5) is 5.69 Å². The Balaban J connectivity index is 2.23. The van der Waals surface area contributed by atoms with Gasteiger partial charge < -0.3 is 10.6 Å². The number of nitrogens with zero attached hydrogens (tertiary/aromatic N) is 2. The maximum atomic E-state index is 6.04. The second-order valence-corrected chi connectivity index (χ2v) is 7.69. The van der Waals surface area contributed by atoms with Crippen molar-refractivity contribution in [1.29, 1.82) is 0 Å². The summed E-state index contributed by atoms with van der Waals surface area (Å²) in [6.07, 6.45) is 0. The molecule has 4 nitrogen and oxygen atoms in total. The Kier molecular flexibility index (Phi) is 6.41. The molecule has 0 unspecified atom stereocenters. The van der Waals surface area contributed by atoms with Crippen molar-refractivity contribution in [2.45, 2.75) is 6.92 Å². The lowest BCUT2D eigenvalue weighted by atomic mass is 10.1. The Morgan fingerprint density at radius 3 is 2.36 bits per heavy atom. The fourth-order valence-corrected chi connectivity index (χ4v) is 2.60. The number of quaternary nitrogens is 1. The standard InChI is InChI=1S/C18H20Cl2N4S/c1-12-6-5-7-13(10-12)17(23-24(2,3)4)22-18(25)21-14-8-9-15(19)16(20)11-14/h5-11H,1-4H3,(H-,21,22,23,25)/p+1. The van der Waals surface area contributed by atoms with E-state index in [4.69, 9.17) is 40.5 Å². The summed E-state index contributed by atoms with van der Waals surface area (Å²) in [6.45, 7) is 2.04. The molecule has 0 aliphatic rings. The predicted octanol–water partition coefficient (Wildman–Crippen LogP) is 4.66. The summed E-state index contributed by atoms with van der Waals surface area (Å²) >= 11 is 17.4. The van der Waals surface area contributed by atoms with E-state index in [1.807, 2.05) is 52.3 Å². The maximum Gasteiger partial charge on any atom is 0.195 e. The minimum atomic E-state index is 0.408. The van der Waals surface area contributed by atoms with E-state index in [0.29, 0.717) is 25.6 Å². The smallest absolute Gasteiger partial charge is 0.195 e. The van der Waals surface area contributed by atoms with Gasteiger partial charge >= 0.3 is 0 Å². The molecule has 2 N–H and O–H groups in total. The number of anilines is 1. The molecule has 0 fully saturated rings. The van der Waals surface area contributed by atoms with Crippen molar-refractivity contribution in [3.63, 3.8) is 0 Å². The Hall–Kier alpha value is -1.66. The molecule has 25 heavy (non-hydrogen) atoms. The van der Waals surface area contributed by atoms with Crippen LogP contribution in [0.15, 0.2) is 47.6 Å². The van der Waals surface area contributed by atoms with E-state index in [1.165, 1.54) is 0 Å². The predicted molar refractivity (Wildman–Crippen MR) is 112 cm³/mol. The summed E-state index contributed by atoms with van der Waals surface area (Å²) in [4.78, 5) is 0. The highest BCUT2D eigenvalue weighted by molar-refractivity contribution is 7.80. The van der Waals surface area contributed by atoms with Crippen molar-refractivity contribution >= 4 is 52.1 Å². The van der Waals surface area contributed by atoms with E-state index >= 15 is 0 Å². The quantitative estimate of drug-likeness (QED) is 0.261. The van der Waals surface area contributed by atoms with Crippen molar-refractivity contribution in [1.82, 2.24) is 5.32 Å². The molecular formula is C18H21Cl2N4S+. The number of aryl methyl sites for hydroxylation is 1. The van der Waals surface area contributed by atoms with E-state index in [1.54, 1.807) is 12.1 Å². The molecule has 2 aromatic rings. The largest absolute Gasteiger partial charge is 0.332 e. The van der Waals surface area contributed by atoms with E-state index in [0.717, 1.165) is 16.8 Å². The number of rotatable bonds is 3. The second-order valence-electron chi connectivity index (χ2n) is 6.47. The fourth-order valence-electron chi connectivity index (χ4n) is 2.09. The minimum absolute atomic E-state index is 0.408. The molecule has 0 radical (unpaired) electrons. The van der Waals surface area contributed by atoms with Crippen molar-refractivity contribution in [2.24, 2.45) is 5.10 Å². The van der Waals surface area contributed by atoms with Crippen LogP contribution in [0.1, 0.15) is 11.1 Å². The Labute approximate surface area is 164 Å². The lowest BCUT2D eigenvalue weighted by molar-refractivity contribution is -0.877. The van der Waals surface area contributed by atoms with Crippen molar-refractivity contribution in [3.05, 3.63) is 63.6 Å². The second kappa shape index (κ2) is 8.15. The molecule has 0 aliphatic heterocycles. The van der Waals surface area contributed by atoms with Gasteiger partial charge in [-0.25, -0.2) is 4.59 Å². The molecule has 0 heterocycles. The number of nitrogens with one attached hydrogen (secondary N) is 2. The average molecular weight is 396 g/mol. The zero-order valence-electron chi connectivity index (χ0n) is 14.6. The third kappa shape index (κ3) is 6.29. The molecule has 0 aromatic heterocycles. The summed E-state index contributed by atoms with van der Waals surface area (Å²) in [5.41, 5.74) is 2.86. The van der Waals surface area contributed by atoms with E-state index in [9.17, 15) is 0 Å². The third-order valence-corrected chi connectivity index (χ3v) is 4.04. The molecule has 0 atom stereocenters. The summed E-state index contributed by atoms with van der Waals surface area (Å²) in [5, 5.41) is 12.4. The van der Waals surface area contributed by atoms with Gasteiger partial charge in [0.15, 0.2) is 10.9 Å². The number of hydrogen-bond acceptors (Lipinski definition) is 2. The van der Waals surface area contributed by atoms with Crippen LogP contribution in [-0.4, -0.2) is 36.7 Å². The highest BCUT2D eigenvalue weighted by Gasteiger charge is 2.14. The van der Waals surface area contributed by atoms with Gasteiger partial charge in [0.05, 0.1) is 31.2 Å². The molecule has 0 aliphatic carbocycles. The monoisotopic (exact) mass is 395 g/mol. The van der Waals surface area contributed by atoms with Crippen LogP contribution in [-0.2, 0) is 0 Å². The van der Waals surface area contributed by atoms with Gasteiger partial charge in [-0.15, -0.1) is 0 Å². The number of halogens is 2. The number of thiocarbonyl (C=S) groups is 1.